The Morgan fingerprint density at radius 2 is 1.64 bits per heavy atom. The first-order valence-corrected chi connectivity index (χ1v) is 10.7. The van der Waals surface area contributed by atoms with E-state index < -0.39 is 27.0 Å². The number of amides is 1. The van der Waals surface area contributed by atoms with Crippen LogP contribution in [0.3, 0.4) is 0 Å². The zero-order valence-corrected chi connectivity index (χ0v) is 18.6. The minimum Gasteiger partial charge on any atom is -0.346 e. The van der Waals surface area contributed by atoms with Gasteiger partial charge in [0.1, 0.15) is 5.69 Å². The summed E-state index contributed by atoms with van der Waals surface area (Å²) < 4.78 is 29.8. The van der Waals surface area contributed by atoms with Crippen LogP contribution in [0.5, 0.6) is 0 Å². The molecule has 0 atom stereocenters. The number of nitrogens with zero attached hydrogens (tertiary/aromatic N) is 2. The summed E-state index contributed by atoms with van der Waals surface area (Å²) >= 11 is 5.94. The lowest BCUT2D eigenvalue weighted by Gasteiger charge is -2.22. The molecule has 7 nitrogen and oxygen atoms in total. The van der Waals surface area contributed by atoms with E-state index in [1.165, 1.54) is 10.8 Å². The zero-order chi connectivity index (χ0) is 21.3. The van der Waals surface area contributed by atoms with Gasteiger partial charge in [0, 0.05) is 16.1 Å². The summed E-state index contributed by atoms with van der Waals surface area (Å²) in [6, 6.07) is 6.98. The quantitative estimate of drug-likeness (QED) is 0.767. The number of aromatic nitrogens is 2. The van der Waals surface area contributed by atoms with E-state index in [0.29, 0.717) is 5.02 Å². The number of hydrogen-bond donors (Lipinski definition) is 2. The molecule has 0 spiro atoms. The van der Waals surface area contributed by atoms with Crippen LogP contribution in [-0.2, 0) is 16.6 Å². The van der Waals surface area contributed by atoms with Crippen molar-refractivity contribution in [2.75, 3.05) is 0 Å². The molecule has 2 aromatic rings. The third kappa shape index (κ3) is 6.05. The van der Waals surface area contributed by atoms with Crippen molar-refractivity contribution in [3.8, 4) is 0 Å². The Labute approximate surface area is 171 Å². The molecule has 1 amide bonds. The van der Waals surface area contributed by atoms with E-state index in [4.69, 9.17) is 11.6 Å². The van der Waals surface area contributed by atoms with Gasteiger partial charge in [-0.15, -0.1) is 0 Å². The maximum Gasteiger partial charge on any atom is 0.275 e. The van der Waals surface area contributed by atoms with E-state index in [-0.39, 0.29) is 17.4 Å². The van der Waals surface area contributed by atoms with E-state index in [0.717, 1.165) is 5.56 Å². The standard InChI is InChI=1S/C19H27ClN4O3S/c1-18(2,3)22-16(25)15-11-21-17(28(26,27)23-19(4,5)6)24(15)12-13-7-9-14(20)10-8-13/h7-11,23H,12H2,1-6H3,(H,22,25). The summed E-state index contributed by atoms with van der Waals surface area (Å²) in [4.78, 5) is 16.8. The molecule has 0 unspecified atom stereocenters. The Morgan fingerprint density at radius 1 is 1.07 bits per heavy atom. The number of carbonyl (C=O) groups is 1. The average molecular weight is 427 g/mol. The summed E-state index contributed by atoms with van der Waals surface area (Å²) in [6.45, 7) is 10.9. The molecular formula is C19H27ClN4O3S. The lowest BCUT2D eigenvalue weighted by atomic mass is 10.1. The maximum absolute atomic E-state index is 12.9. The van der Waals surface area contributed by atoms with Crippen molar-refractivity contribution in [2.45, 2.75) is 64.3 Å². The molecule has 0 radical (unpaired) electrons. The smallest absolute Gasteiger partial charge is 0.275 e. The number of imidazole rings is 1. The summed E-state index contributed by atoms with van der Waals surface area (Å²) in [5, 5.41) is 3.21. The van der Waals surface area contributed by atoms with Gasteiger partial charge in [0.2, 0.25) is 5.16 Å². The first kappa shape index (κ1) is 22.4. The van der Waals surface area contributed by atoms with Crippen LogP contribution in [-0.4, -0.2) is 35.0 Å². The molecule has 0 bridgehead atoms. The first-order chi connectivity index (χ1) is 12.7. The van der Waals surface area contributed by atoms with Gasteiger partial charge < -0.3 is 9.88 Å². The van der Waals surface area contributed by atoms with Gasteiger partial charge in [-0.1, -0.05) is 23.7 Å². The molecule has 28 heavy (non-hydrogen) atoms. The number of carbonyl (C=O) groups excluding carboxylic acids is 1. The van der Waals surface area contributed by atoms with Gasteiger partial charge >= 0.3 is 0 Å². The van der Waals surface area contributed by atoms with Crippen LogP contribution in [0, 0.1) is 0 Å². The average Bonchev–Trinajstić information content (AvgIpc) is 2.90. The van der Waals surface area contributed by atoms with Crippen molar-refractivity contribution in [3.63, 3.8) is 0 Å². The van der Waals surface area contributed by atoms with Crippen molar-refractivity contribution in [3.05, 3.63) is 46.7 Å². The van der Waals surface area contributed by atoms with Gasteiger partial charge in [0.05, 0.1) is 12.7 Å². The van der Waals surface area contributed by atoms with Crippen LogP contribution in [0.25, 0.3) is 0 Å². The maximum atomic E-state index is 12.9. The fourth-order valence-electron chi connectivity index (χ4n) is 2.53. The Kier molecular flexibility index (Phi) is 6.28. The van der Waals surface area contributed by atoms with Crippen molar-refractivity contribution in [1.82, 2.24) is 19.6 Å². The van der Waals surface area contributed by atoms with Gasteiger partial charge in [0.25, 0.3) is 15.9 Å². The van der Waals surface area contributed by atoms with Gasteiger partial charge in [-0.05, 0) is 59.2 Å². The Balaban J connectivity index is 2.53. The SMILES string of the molecule is CC(C)(C)NC(=O)c1cnc(S(=O)(=O)NC(C)(C)C)n1Cc1ccc(Cl)cc1. The Hall–Kier alpha value is -1.90. The molecule has 154 valence electrons. The van der Waals surface area contributed by atoms with Gasteiger partial charge in [-0.25, -0.2) is 18.1 Å². The molecule has 0 aliphatic carbocycles. The second-order valence-electron chi connectivity index (χ2n) is 8.70. The highest BCUT2D eigenvalue weighted by molar-refractivity contribution is 7.89. The van der Waals surface area contributed by atoms with Crippen LogP contribution in [0.2, 0.25) is 5.02 Å². The summed E-state index contributed by atoms with van der Waals surface area (Å²) in [5.74, 6) is -0.397. The van der Waals surface area contributed by atoms with E-state index in [2.05, 4.69) is 15.0 Å². The number of hydrogen-bond acceptors (Lipinski definition) is 4. The summed E-state index contributed by atoms with van der Waals surface area (Å²) in [5.41, 5.74) is -0.211. The third-order valence-electron chi connectivity index (χ3n) is 3.47. The molecule has 0 aliphatic rings. The fraction of sp³-hybridized carbons (Fsp3) is 0.474. The van der Waals surface area contributed by atoms with Crippen molar-refractivity contribution in [1.29, 1.82) is 0 Å². The Morgan fingerprint density at radius 3 is 2.14 bits per heavy atom. The van der Waals surface area contributed by atoms with Crippen molar-refractivity contribution >= 4 is 27.5 Å². The van der Waals surface area contributed by atoms with Crippen molar-refractivity contribution < 1.29 is 13.2 Å². The van der Waals surface area contributed by atoms with Crippen LogP contribution >= 0.6 is 11.6 Å². The molecule has 1 heterocycles. The van der Waals surface area contributed by atoms with Crippen LogP contribution in [0.15, 0.2) is 35.6 Å². The minimum absolute atomic E-state index is 0.157. The van der Waals surface area contributed by atoms with Crippen LogP contribution < -0.4 is 10.0 Å². The topological polar surface area (TPSA) is 93.1 Å². The minimum atomic E-state index is -3.94. The van der Waals surface area contributed by atoms with Gasteiger partial charge in [-0.2, -0.15) is 0 Å². The van der Waals surface area contributed by atoms with Gasteiger partial charge in [-0.3, -0.25) is 4.79 Å². The Bertz CT molecular complexity index is 953. The second-order valence-corrected chi connectivity index (χ2v) is 10.7. The second kappa shape index (κ2) is 7.85. The molecule has 1 aromatic carbocycles. The first-order valence-electron chi connectivity index (χ1n) is 8.84. The number of halogens is 1. The molecule has 0 saturated carbocycles. The summed E-state index contributed by atoms with van der Waals surface area (Å²) in [6.07, 6.45) is 1.29. The molecule has 9 heteroatoms. The fourth-order valence-corrected chi connectivity index (χ4v) is 4.20. The largest absolute Gasteiger partial charge is 0.346 e. The molecular weight excluding hydrogens is 400 g/mol. The van der Waals surface area contributed by atoms with Crippen LogP contribution in [0.4, 0.5) is 0 Å². The molecule has 0 saturated heterocycles. The zero-order valence-electron chi connectivity index (χ0n) is 17.0. The monoisotopic (exact) mass is 426 g/mol. The predicted octanol–water partition coefficient (Wildman–Crippen LogP) is 3.19. The van der Waals surface area contributed by atoms with E-state index >= 15 is 0 Å². The number of sulfonamides is 1. The predicted molar refractivity (Wildman–Crippen MR) is 110 cm³/mol. The molecule has 0 fully saturated rings. The molecule has 0 aliphatic heterocycles. The number of rotatable bonds is 5. The normalized spacial score (nSPS) is 12.8. The highest BCUT2D eigenvalue weighted by Gasteiger charge is 2.30. The van der Waals surface area contributed by atoms with E-state index in [1.54, 1.807) is 45.0 Å². The highest BCUT2D eigenvalue weighted by Crippen LogP contribution is 2.19. The van der Waals surface area contributed by atoms with E-state index in [1.807, 2.05) is 20.8 Å². The molecule has 2 N–H and O–H groups in total. The lowest BCUT2D eigenvalue weighted by molar-refractivity contribution is 0.0909. The van der Waals surface area contributed by atoms with Crippen LogP contribution in [0.1, 0.15) is 57.6 Å². The summed E-state index contributed by atoms with van der Waals surface area (Å²) in [7, 11) is -3.94. The van der Waals surface area contributed by atoms with Crippen molar-refractivity contribution in [2.24, 2.45) is 0 Å². The molecule has 1 aromatic heterocycles. The lowest BCUT2D eigenvalue weighted by Crippen LogP contribution is -2.43. The highest BCUT2D eigenvalue weighted by atomic mass is 35.5. The van der Waals surface area contributed by atoms with Gasteiger partial charge in [0.15, 0.2) is 0 Å². The third-order valence-corrected chi connectivity index (χ3v) is 5.41. The number of nitrogens with one attached hydrogen (secondary N) is 2. The van der Waals surface area contributed by atoms with E-state index in [9.17, 15) is 13.2 Å². The molecule has 2 rings (SSSR count). The number of benzene rings is 1.